The van der Waals surface area contributed by atoms with Crippen molar-refractivity contribution in [2.45, 2.75) is 88.8 Å². The second kappa shape index (κ2) is 16.7. The summed E-state index contributed by atoms with van der Waals surface area (Å²) in [5, 5.41) is 35.7. The number of hydrogen-bond acceptors (Lipinski definition) is 10. The Morgan fingerprint density at radius 3 is 2.33 bits per heavy atom. The fourth-order valence-corrected chi connectivity index (χ4v) is 11.0. The van der Waals surface area contributed by atoms with Crippen LogP contribution in [0.15, 0.2) is 54.9 Å². The Hall–Kier alpha value is -5.76. The molecule has 3 N–H and O–H groups in total. The average Bonchev–Trinajstić information content (AvgIpc) is 3.86. The van der Waals surface area contributed by atoms with E-state index in [-0.39, 0.29) is 30.4 Å². The van der Waals surface area contributed by atoms with Crippen molar-refractivity contribution in [1.82, 2.24) is 34.5 Å². The van der Waals surface area contributed by atoms with Gasteiger partial charge in [0, 0.05) is 92.4 Å². The van der Waals surface area contributed by atoms with E-state index >= 15 is 8.78 Å². The molecule has 3 amide bonds. The quantitative estimate of drug-likeness (QED) is 0.140. The minimum atomic E-state index is -1.24. The van der Waals surface area contributed by atoms with Crippen molar-refractivity contribution in [3.63, 3.8) is 0 Å². The van der Waals surface area contributed by atoms with Gasteiger partial charge in [-0.15, -0.1) is 0 Å². The molecule has 4 aliphatic heterocycles. The van der Waals surface area contributed by atoms with Gasteiger partial charge in [-0.05, 0) is 119 Å². The number of amides is 3. The Morgan fingerprint density at radius 2 is 1.64 bits per heavy atom. The van der Waals surface area contributed by atoms with Crippen LogP contribution >= 0.6 is 0 Å². The number of imide groups is 1. The lowest BCUT2D eigenvalue weighted by Gasteiger charge is -2.54. The first-order chi connectivity index (χ1) is 30.8. The van der Waals surface area contributed by atoms with Gasteiger partial charge >= 0.3 is 0 Å². The SMILES string of the molecule is CC(C)(O)c1cc2nn(C3CCC(N4CC(C5CN(CC6CCN(c7cc(F)c([C@H]8CCC(=O)NC8=O)c(F)c7)CC6)C5)C4)CC3)cc2cc1NC(=O)c1ccc2cc(C#N)cnn12. The molecule has 5 aliphatic rings. The molecule has 0 radical (unpaired) electrons. The molecule has 1 aliphatic carbocycles. The molecule has 334 valence electrons. The van der Waals surface area contributed by atoms with Crippen molar-refractivity contribution in [1.29, 1.82) is 5.26 Å². The van der Waals surface area contributed by atoms with Crippen LogP contribution < -0.4 is 15.5 Å². The van der Waals surface area contributed by atoms with Gasteiger partial charge in [-0.3, -0.25) is 29.3 Å². The first-order valence-electron chi connectivity index (χ1n) is 22.8. The van der Waals surface area contributed by atoms with E-state index in [0.717, 1.165) is 107 Å². The smallest absolute Gasteiger partial charge is 0.274 e. The molecular formula is C48H54F2N10O4. The van der Waals surface area contributed by atoms with Crippen molar-refractivity contribution in [3.05, 3.63) is 88.9 Å². The molecule has 0 spiro atoms. The highest BCUT2D eigenvalue weighted by atomic mass is 19.1. The maximum absolute atomic E-state index is 15.2. The van der Waals surface area contributed by atoms with Crippen LogP contribution in [0.25, 0.3) is 16.4 Å². The predicted octanol–water partition coefficient (Wildman–Crippen LogP) is 6.10. The third-order valence-electron chi connectivity index (χ3n) is 14.7. The van der Waals surface area contributed by atoms with Crippen molar-refractivity contribution in [2.75, 3.05) is 56.0 Å². The number of likely N-dealkylation sites (tertiary alicyclic amines) is 2. The van der Waals surface area contributed by atoms with Crippen LogP contribution in [-0.4, -0.2) is 104 Å². The summed E-state index contributed by atoms with van der Waals surface area (Å²) in [4.78, 5) is 44.6. The Bertz CT molecular complexity index is 2650. The number of halogens is 2. The number of hydrogen-bond donors (Lipinski definition) is 3. The summed E-state index contributed by atoms with van der Waals surface area (Å²) in [6.45, 7) is 10.5. The van der Waals surface area contributed by atoms with Gasteiger partial charge in [0.2, 0.25) is 11.8 Å². The molecule has 3 aromatic heterocycles. The van der Waals surface area contributed by atoms with Gasteiger partial charge < -0.3 is 20.2 Å². The Kier molecular flexibility index (Phi) is 11.0. The predicted molar refractivity (Wildman–Crippen MR) is 236 cm³/mol. The van der Waals surface area contributed by atoms with Crippen LogP contribution in [-0.2, 0) is 15.2 Å². The summed E-state index contributed by atoms with van der Waals surface area (Å²) < 4.78 is 33.9. The molecule has 5 aromatic rings. The number of nitrogens with one attached hydrogen (secondary N) is 2. The highest BCUT2D eigenvalue weighted by molar-refractivity contribution is 6.05. The summed E-state index contributed by atoms with van der Waals surface area (Å²) in [6.07, 6.45) is 9.91. The maximum atomic E-state index is 15.2. The van der Waals surface area contributed by atoms with Crippen molar-refractivity contribution in [2.24, 2.45) is 17.8 Å². The zero-order valence-corrected chi connectivity index (χ0v) is 36.3. The Labute approximate surface area is 370 Å². The van der Waals surface area contributed by atoms with E-state index in [9.17, 15) is 24.8 Å². The van der Waals surface area contributed by atoms with Gasteiger partial charge in [0.15, 0.2) is 0 Å². The standard InChI is InChI=1S/C48H54F2N10O4/c1-48(2,64)38-19-41-30(16-42(38)53-47(63)43-9-7-35-15-29(20-51)21-52-60(35)43)27-59(55-41)34-5-3-33(4-6-34)58-25-32(26-58)31-23-56(24-31)22-28-11-13-57(14-12-28)36-17-39(49)45(40(50)18-36)37-8-10-44(61)54-46(37)62/h7,9,15-19,21,27-28,31-34,37,64H,3-6,8,10-14,22-26H2,1-2H3,(H,53,63)(H,54,61,62)/t33?,34?,37-/m1/s1. The number of anilines is 2. The molecular weight excluding hydrogens is 819 g/mol. The lowest BCUT2D eigenvalue weighted by Crippen LogP contribution is -2.62. The maximum Gasteiger partial charge on any atom is 0.274 e. The molecule has 16 heteroatoms. The minimum Gasteiger partial charge on any atom is -0.386 e. The van der Waals surface area contributed by atoms with Crippen LogP contribution in [0, 0.1) is 40.7 Å². The number of piperidine rings is 2. The number of aliphatic hydroxyl groups is 1. The molecule has 1 saturated carbocycles. The first kappa shape index (κ1) is 42.2. The summed E-state index contributed by atoms with van der Waals surface area (Å²) in [5.41, 5.74) is 2.23. The van der Waals surface area contributed by atoms with E-state index < -0.39 is 35.0 Å². The van der Waals surface area contributed by atoms with Gasteiger partial charge in [-0.25, -0.2) is 13.3 Å². The zero-order valence-electron chi connectivity index (χ0n) is 36.3. The molecule has 2 aromatic carbocycles. The van der Waals surface area contributed by atoms with Crippen LogP contribution in [0.1, 0.15) is 104 Å². The molecule has 1 atom stereocenters. The number of benzene rings is 2. The summed E-state index contributed by atoms with van der Waals surface area (Å²) in [5.74, 6) is -1.85. The number of carbonyl (C=O) groups excluding carboxylic acids is 3. The molecule has 7 heterocycles. The van der Waals surface area contributed by atoms with Gasteiger partial charge in [0.25, 0.3) is 5.91 Å². The molecule has 4 saturated heterocycles. The van der Waals surface area contributed by atoms with E-state index in [4.69, 9.17) is 5.10 Å². The molecule has 5 fully saturated rings. The average molecular weight is 873 g/mol. The number of nitriles is 1. The van der Waals surface area contributed by atoms with Gasteiger partial charge in [-0.2, -0.15) is 15.5 Å². The lowest BCUT2D eigenvalue weighted by molar-refractivity contribution is -0.134. The highest BCUT2D eigenvalue weighted by Crippen LogP contribution is 2.40. The number of fused-ring (bicyclic) bond motifs is 2. The van der Waals surface area contributed by atoms with Gasteiger partial charge in [0.1, 0.15) is 23.4 Å². The third-order valence-corrected chi connectivity index (χ3v) is 14.7. The molecule has 10 rings (SSSR count). The molecule has 0 bridgehead atoms. The topological polar surface area (TPSA) is 164 Å². The van der Waals surface area contributed by atoms with E-state index in [1.807, 2.05) is 17.0 Å². The number of rotatable bonds is 10. The Balaban J connectivity index is 0.675. The Morgan fingerprint density at radius 1 is 0.938 bits per heavy atom. The molecule has 64 heavy (non-hydrogen) atoms. The van der Waals surface area contributed by atoms with Gasteiger partial charge in [0.05, 0.1) is 40.4 Å². The van der Waals surface area contributed by atoms with Crippen molar-refractivity contribution >= 4 is 45.5 Å². The fourth-order valence-electron chi connectivity index (χ4n) is 11.0. The van der Waals surface area contributed by atoms with E-state index in [0.29, 0.717) is 45.7 Å². The van der Waals surface area contributed by atoms with E-state index in [2.05, 4.69) is 42.5 Å². The summed E-state index contributed by atoms with van der Waals surface area (Å²) in [6, 6.07) is 14.5. The molecule has 14 nitrogen and oxygen atoms in total. The third kappa shape index (κ3) is 8.14. The summed E-state index contributed by atoms with van der Waals surface area (Å²) in [7, 11) is 0. The lowest BCUT2D eigenvalue weighted by atomic mass is 9.77. The fraction of sp³-hybridized carbons (Fsp3) is 0.500. The number of nitrogens with zero attached hydrogens (tertiary/aromatic N) is 8. The van der Waals surface area contributed by atoms with Crippen LogP contribution in [0.4, 0.5) is 20.2 Å². The van der Waals surface area contributed by atoms with E-state index in [1.165, 1.54) is 22.8 Å². The monoisotopic (exact) mass is 872 g/mol. The summed E-state index contributed by atoms with van der Waals surface area (Å²) >= 11 is 0. The van der Waals surface area contributed by atoms with E-state index in [1.54, 1.807) is 32.0 Å². The largest absolute Gasteiger partial charge is 0.386 e. The van der Waals surface area contributed by atoms with Gasteiger partial charge in [-0.1, -0.05) is 0 Å². The number of carbonyl (C=O) groups is 3. The van der Waals surface area contributed by atoms with Crippen molar-refractivity contribution < 1.29 is 28.3 Å². The molecule has 0 unspecified atom stereocenters. The van der Waals surface area contributed by atoms with Crippen LogP contribution in [0.2, 0.25) is 0 Å². The first-order valence-corrected chi connectivity index (χ1v) is 22.8. The zero-order chi connectivity index (χ0) is 44.4. The normalized spacial score (nSPS) is 23.2. The number of aromatic nitrogens is 4. The second-order valence-corrected chi connectivity index (χ2v) is 19.4. The van der Waals surface area contributed by atoms with Crippen LogP contribution in [0.3, 0.4) is 0 Å². The van der Waals surface area contributed by atoms with Crippen molar-refractivity contribution in [3.8, 4) is 6.07 Å². The highest BCUT2D eigenvalue weighted by Gasteiger charge is 2.43. The van der Waals surface area contributed by atoms with Crippen LogP contribution in [0.5, 0.6) is 0 Å². The second-order valence-electron chi connectivity index (χ2n) is 19.4. The minimum absolute atomic E-state index is 0.0700.